The highest BCUT2D eigenvalue weighted by molar-refractivity contribution is 6.00. The van der Waals surface area contributed by atoms with E-state index in [2.05, 4.69) is 39.0 Å². The summed E-state index contributed by atoms with van der Waals surface area (Å²) in [6.45, 7) is 7.23. The maximum absolute atomic E-state index is 12.8. The highest BCUT2D eigenvalue weighted by atomic mass is 35.5. The largest absolute Gasteiger partial charge is 0.497 e. The van der Waals surface area contributed by atoms with Crippen LogP contribution in [-0.4, -0.2) is 70.4 Å². The second-order valence-corrected chi connectivity index (χ2v) is 11.2. The third kappa shape index (κ3) is 9.02. The molecule has 0 unspecified atom stereocenters. The van der Waals surface area contributed by atoms with Crippen molar-refractivity contribution < 1.29 is 28.6 Å². The molecule has 1 saturated heterocycles. The highest BCUT2D eigenvalue weighted by Crippen LogP contribution is 2.39. The van der Waals surface area contributed by atoms with Gasteiger partial charge in [0.1, 0.15) is 5.75 Å². The van der Waals surface area contributed by atoms with Gasteiger partial charge in [-0.15, -0.1) is 12.4 Å². The maximum atomic E-state index is 12.8. The Kier molecular flexibility index (Phi) is 13.3. The predicted octanol–water partition coefficient (Wildman–Crippen LogP) is 5.48. The summed E-state index contributed by atoms with van der Waals surface area (Å²) in [4.78, 5) is 40.8. The molecule has 2 aromatic rings. The van der Waals surface area contributed by atoms with Crippen LogP contribution in [0.2, 0.25) is 0 Å². The second kappa shape index (κ2) is 16.9. The van der Waals surface area contributed by atoms with Gasteiger partial charge < -0.3 is 35.1 Å². The van der Waals surface area contributed by atoms with Gasteiger partial charge in [0.25, 0.3) is 0 Å². The number of likely N-dealkylation sites (tertiary alicyclic amines) is 1. The van der Waals surface area contributed by atoms with E-state index in [1.54, 1.807) is 39.2 Å². The molecule has 0 aliphatic carbocycles. The smallest absolute Gasteiger partial charge is 0.336 e. The number of urea groups is 1. The molecule has 10 nitrogen and oxygen atoms in total. The molecule has 2 aliphatic rings. The number of amides is 2. The van der Waals surface area contributed by atoms with Gasteiger partial charge in [0, 0.05) is 23.6 Å². The number of nitrogens with one attached hydrogen (secondary N) is 3. The number of dihydropyridines is 1. The number of halogens is 1. The van der Waals surface area contributed by atoms with E-state index in [0.717, 1.165) is 51.1 Å². The predicted molar refractivity (Wildman–Crippen MR) is 177 cm³/mol. The molecule has 0 bridgehead atoms. The van der Waals surface area contributed by atoms with E-state index in [0.29, 0.717) is 46.3 Å². The van der Waals surface area contributed by atoms with Crippen LogP contribution < -0.4 is 20.7 Å². The number of rotatable bonds is 11. The fraction of sp³-hybridized carbons (Fsp3) is 0.441. The van der Waals surface area contributed by atoms with Crippen molar-refractivity contribution in [2.45, 2.75) is 51.4 Å². The van der Waals surface area contributed by atoms with Gasteiger partial charge in [-0.1, -0.05) is 24.3 Å². The number of piperidine rings is 1. The maximum Gasteiger partial charge on any atom is 0.336 e. The van der Waals surface area contributed by atoms with Gasteiger partial charge in [-0.3, -0.25) is 0 Å². The second-order valence-electron chi connectivity index (χ2n) is 11.2. The van der Waals surface area contributed by atoms with Crippen molar-refractivity contribution in [3.63, 3.8) is 0 Å². The van der Waals surface area contributed by atoms with Crippen LogP contribution in [0, 0.1) is 0 Å². The van der Waals surface area contributed by atoms with Gasteiger partial charge >= 0.3 is 18.0 Å². The zero-order valence-corrected chi connectivity index (χ0v) is 27.6. The van der Waals surface area contributed by atoms with Crippen LogP contribution in [0.15, 0.2) is 71.1 Å². The Labute approximate surface area is 272 Å². The first-order valence-electron chi connectivity index (χ1n) is 15.1. The van der Waals surface area contributed by atoms with E-state index in [9.17, 15) is 14.4 Å². The number of carbonyl (C=O) groups is 3. The molecule has 3 N–H and O–H groups in total. The van der Waals surface area contributed by atoms with E-state index in [1.807, 2.05) is 12.1 Å². The molecule has 0 radical (unpaired) electrons. The number of carbonyl (C=O) groups excluding carboxylic acids is 3. The van der Waals surface area contributed by atoms with Gasteiger partial charge in [0.2, 0.25) is 0 Å². The quantitative estimate of drug-likeness (QED) is 0.218. The van der Waals surface area contributed by atoms with Crippen molar-refractivity contribution in [1.29, 1.82) is 0 Å². The number of ether oxygens (including phenoxy) is 3. The summed E-state index contributed by atoms with van der Waals surface area (Å²) in [6.07, 6.45) is 4.14. The molecular formula is C34H45ClN4O6. The summed E-state index contributed by atoms with van der Waals surface area (Å²) in [7, 11) is 4.31. The van der Waals surface area contributed by atoms with E-state index in [4.69, 9.17) is 14.2 Å². The standard InChI is InChI=1S/C34H44N4O6.ClH/c1-22-29(32(39)43-4)31(30(23(2)36-22)33(40)44-5)26-11-8-12-27(20-26)37-34(41)35-16-6-7-17-38-18-14-24(15-19-38)25-10-9-13-28(21-25)42-3;/h8-13,20-21,24,31,36H,6-7,14-19H2,1-5H3,(H2,35,37,41);1H. The Morgan fingerprint density at radius 2 is 1.49 bits per heavy atom. The molecule has 0 atom stereocenters. The summed E-state index contributed by atoms with van der Waals surface area (Å²) in [6, 6.07) is 15.2. The summed E-state index contributed by atoms with van der Waals surface area (Å²) in [5.74, 6) is -0.339. The molecule has 0 saturated carbocycles. The first-order chi connectivity index (χ1) is 21.2. The average Bonchev–Trinajstić information content (AvgIpc) is 3.04. The lowest BCUT2D eigenvalue weighted by Crippen LogP contribution is -2.34. The first-order valence-corrected chi connectivity index (χ1v) is 15.1. The molecule has 244 valence electrons. The SMILES string of the molecule is COC(=O)C1=C(C)NC(C)=C(C(=O)OC)C1c1cccc(NC(=O)NCCCCN2CCC(c3cccc(OC)c3)CC2)c1.Cl. The number of benzene rings is 2. The van der Waals surface area contributed by atoms with Crippen LogP contribution in [0.4, 0.5) is 10.5 Å². The van der Waals surface area contributed by atoms with Gasteiger partial charge in [0.05, 0.1) is 38.4 Å². The Bertz CT molecular complexity index is 1380. The van der Waals surface area contributed by atoms with Crippen LogP contribution in [0.5, 0.6) is 5.75 Å². The molecule has 2 aliphatic heterocycles. The summed E-state index contributed by atoms with van der Waals surface area (Å²) in [5.41, 5.74) is 4.34. The number of unbranched alkanes of at least 4 members (excludes halogenated alkanes) is 1. The molecule has 0 aromatic heterocycles. The van der Waals surface area contributed by atoms with Gasteiger partial charge in [-0.05, 0) is 100 Å². The van der Waals surface area contributed by atoms with Crippen LogP contribution in [0.25, 0.3) is 0 Å². The number of esters is 2. The van der Waals surface area contributed by atoms with E-state index >= 15 is 0 Å². The summed E-state index contributed by atoms with van der Waals surface area (Å²) < 4.78 is 15.5. The molecule has 4 rings (SSSR count). The number of hydrogen-bond donors (Lipinski definition) is 3. The number of methoxy groups -OCH3 is 3. The summed E-state index contributed by atoms with van der Waals surface area (Å²) >= 11 is 0. The minimum absolute atomic E-state index is 0. The Morgan fingerprint density at radius 3 is 2.11 bits per heavy atom. The average molecular weight is 641 g/mol. The van der Waals surface area contributed by atoms with E-state index in [1.165, 1.54) is 19.8 Å². The lowest BCUT2D eigenvalue weighted by molar-refractivity contribution is -0.137. The van der Waals surface area contributed by atoms with Crippen LogP contribution >= 0.6 is 12.4 Å². The van der Waals surface area contributed by atoms with E-state index in [-0.39, 0.29) is 18.4 Å². The molecule has 1 fully saturated rings. The number of anilines is 1. The van der Waals surface area contributed by atoms with Crippen molar-refractivity contribution in [2.75, 3.05) is 52.8 Å². The highest BCUT2D eigenvalue weighted by Gasteiger charge is 2.37. The fourth-order valence-corrected chi connectivity index (χ4v) is 6.11. The molecular weight excluding hydrogens is 596 g/mol. The number of hydrogen-bond acceptors (Lipinski definition) is 8. The zero-order chi connectivity index (χ0) is 31.6. The Balaban J connectivity index is 0.00000552. The molecule has 11 heteroatoms. The lowest BCUT2D eigenvalue weighted by atomic mass is 9.80. The monoisotopic (exact) mass is 640 g/mol. The Hall–Kier alpha value is -4.02. The topological polar surface area (TPSA) is 118 Å². The molecule has 45 heavy (non-hydrogen) atoms. The number of nitrogens with zero attached hydrogens (tertiary/aromatic N) is 1. The first kappa shape index (κ1) is 35.5. The van der Waals surface area contributed by atoms with Gasteiger partial charge in [-0.25, -0.2) is 14.4 Å². The van der Waals surface area contributed by atoms with Crippen LogP contribution in [0.3, 0.4) is 0 Å². The van der Waals surface area contributed by atoms with Gasteiger partial charge in [0.15, 0.2) is 0 Å². The minimum atomic E-state index is -0.721. The fourth-order valence-electron chi connectivity index (χ4n) is 6.11. The molecule has 2 amide bonds. The lowest BCUT2D eigenvalue weighted by Gasteiger charge is -2.32. The molecule has 0 spiro atoms. The van der Waals surface area contributed by atoms with Crippen molar-refractivity contribution in [1.82, 2.24) is 15.5 Å². The minimum Gasteiger partial charge on any atom is -0.497 e. The summed E-state index contributed by atoms with van der Waals surface area (Å²) in [5, 5.41) is 8.91. The Morgan fingerprint density at radius 1 is 0.867 bits per heavy atom. The molecule has 2 heterocycles. The zero-order valence-electron chi connectivity index (χ0n) is 26.7. The van der Waals surface area contributed by atoms with Crippen molar-refractivity contribution in [2.24, 2.45) is 0 Å². The van der Waals surface area contributed by atoms with Crippen molar-refractivity contribution >= 4 is 36.1 Å². The van der Waals surface area contributed by atoms with Crippen molar-refractivity contribution in [3.05, 3.63) is 82.2 Å². The number of allylic oxidation sites excluding steroid dienone is 2. The molecule has 2 aromatic carbocycles. The third-order valence-electron chi connectivity index (χ3n) is 8.39. The van der Waals surface area contributed by atoms with Gasteiger partial charge in [-0.2, -0.15) is 0 Å². The van der Waals surface area contributed by atoms with Crippen molar-refractivity contribution in [3.8, 4) is 5.75 Å². The van der Waals surface area contributed by atoms with E-state index < -0.39 is 17.9 Å². The van der Waals surface area contributed by atoms with Crippen LogP contribution in [-0.2, 0) is 19.1 Å². The third-order valence-corrected chi connectivity index (χ3v) is 8.39. The van der Waals surface area contributed by atoms with Crippen LogP contribution in [0.1, 0.15) is 62.5 Å². The normalized spacial score (nSPS) is 15.9.